The molecule has 1 aliphatic heterocycles. The Balaban J connectivity index is 2.04. The average molecular weight is 179 g/mol. The van der Waals surface area contributed by atoms with E-state index in [0.717, 1.165) is 38.0 Å². The van der Waals surface area contributed by atoms with Crippen LogP contribution in [0.2, 0.25) is 0 Å². The first kappa shape index (κ1) is 8.79. The highest BCUT2D eigenvalue weighted by Gasteiger charge is 2.20. The van der Waals surface area contributed by atoms with E-state index >= 15 is 0 Å². The predicted molar refractivity (Wildman–Crippen MR) is 52.4 cm³/mol. The van der Waals surface area contributed by atoms with E-state index in [0.29, 0.717) is 5.78 Å². The Morgan fingerprint density at radius 1 is 1.08 bits per heavy atom. The molecule has 0 spiro atoms. The van der Waals surface area contributed by atoms with Crippen molar-refractivity contribution in [3.05, 3.63) is 11.8 Å². The number of allylic oxidation sites excluding steroid dienone is 2. The molecule has 1 fully saturated rings. The van der Waals surface area contributed by atoms with Crippen LogP contribution in [-0.4, -0.2) is 23.8 Å². The third kappa shape index (κ3) is 1.93. The second kappa shape index (κ2) is 3.95. The lowest BCUT2D eigenvalue weighted by Crippen LogP contribution is -2.33. The molecular weight excluding hydrogens is 162 g/mol. The Morgan fingerprint density at radius 3 is 2.54 bits per heavy atom. The van der Waals surface area contributed by atoms with Crippen molar-refractivity contribution in [2.24, 2.45) is 0 Å². The van der Waals surface area contributed by atoms with Gasteiger partial charge in [-0.05, 0) is 32.1 Å². The van der Waals surface area contributed by atoms with Crippen LogP contribution in [0.1, 0.15) is 38.5 Å². The molecule has 0 atom stereocenters. The predicted octanol–water partition coefficient (Wildman–Crippen LogP) is 2.11. The number of hydrogen-bond acceptors (Lipinski definition) is 2. The Bertz CT molecular complexity index is 226. The van der Waals surface area contributed by atoms with E-state index in [1.165, 1.54) is 19.3 Å². The van der Waals surface area contributed by atoms with Gasteiger partial charge in [-0.3, -0.25) is 4.79 Å². The van der Waals surface area contributed by atoms with E-state index < -0.39 is 0 Å². The number of rotatable bonds is 1. The van der Waals surface area contributed by atoms with Gasteiger partial charge in [0.25, 0.3) is 0 Å². The third-order valence-electron chi connectivity index (χ3n) is 2.93. The summed E-state index contributed by atoms with van der Waals surface area (Å²) in [5, 5.41) is 0. The highest BCUT2D eigenvalue weighted by molar-refractivity contribution is 5.95. The Labute approximate surface area is 79.6 Å². The van der Waals surface area contributed by atoms with E-state index in [1.807, 2.05) is 0 Å². The molecule has 13 heavy (non-hydrogen) atoms. The maximum absolute atomic E-state index is 11.6. The molecule has 2 nitrogen and oxygen atoms in total. The molecule has 1 saturated heterocycles. The normalized spacial score (nSPS) is 24.5. The summed E-state index contributed by atoms with van der Waals surface area (Å²) in [4.78, 5) is 13.9. The second-order valence-electron chi connectivity index (χ2n) is 3.95. The van der Waals surface area contributed by atoms with Crippen LogP contribution in [0.15, 0.2) is 11.8 Å². The second-order valence-corrected chi connectivity index (χ2v) is 3.95. The number of hydrogen-bond donors (Lipinski definition) is 0. The average Bonchev–Trinajstić information content (AvgIpc) is 2.20. The van der Waals surface area contributed by atoms with Crippen molar-refractivity contribution in [2.75, 3.05) is 13.1 Å². The molecule has 2 heteroatoms. The molecule has 0 aromatic carbocycles. The van der Waals surface area contributed by atoms with Crippen LogP contribution >= 0.6 is 0 Å². The van der Waals surface area contributed by atoms with Gasteiger partial charge in [-0.2, -0.15) is 0 Å². The lowest BCUT2D eigenvalue weighted by atomic mass is 10.0. The first-order chi connectivity index (χ1) is 6.38. The van der Waals surface area contributed by atoms with Crippen LogP contribution < -0.4 is 0 Å². The van der Waals surface area contributed by atoms with E-state index in [9.17, 15) is 4.79 Å². The number of carbonyl (C=O) groups excluding carboxylic acids is 1. The van der Waals surface area contributed by atoms with Crippen molar-refractivity contribution < 1.29 is 4.79 Å². The molecule has 0 N–H and O–H groups in total. The minimum absolute atomic E-state index is 0.369. The number of nitrogens with zero attached hydrogens (tertiary/aromatic N) is 1. The molecule has 0 bridgehead atoms. The fourth-order valence-electron chi connectivity index (χ4n) is 2.18. The summed E-state index contributed by atoms with van der Waals surface area (Å²) in [5.41, 5.74) is 1.02. The zero-order chi connectivity index (χ0) is 9.10. The van der Waals surface area contributed by atoms with Crippen LogP contribution in [0, 0.1) is 0 Å². The summed E-state index contributed by atoms with van der Waals surface area (Å²) in [6.07, 6.45) is 8.89. The van der Waals surface area contributed by atoms with E-state index in [1.54, 1.807) is 0 Å². The van der Waals surface area contributed by atoms with Crippen molar-refractivity contribution in [3.63, 3.8) is 0 Å². The van der Waals surface area contributed by atoms with Gasteiger partial charge in [-0.15, -0.1) is 0 Å². The monoisotopic (exact) mass is 179 g/mol. The molecule has 0 aromatic heterocycles. The first-order valence-corrected chi connectivity index (χ1v) is 5.36. The van der Waals surface area contributed by atoms with Crippen LogP contribution in [0.4, 0.5) is 0 Å². The lowest BCUT2D eigenvalue weighted by molar-refractivity contribution is -0.117. The van der Waals surface area contributed by atoms with Crippen LogP contribution in [0.3, 0.4) is 0 Å². The van der Waals surface area contributed by atoms with Crippen LogP contribution in [-0.2, 0) is 4.79 Å². The van der Waals surface area contributed by atoms with Crippen molar-refractivity contribution >= 4 is 5.78 Å². The van der Waals surface area contributed by atoms with Gasteiger partial charge in [0, 0.05) is 19.5 Å². The number of carbonyl (C=O) groups is 1. The summed E-state index contributed by atoms with van der Waals surface area (Å²) in [6, 6.07) is 0. The SMILES string of the molecule is O=C1CCCC=C1N1CCCCC1. The Hall–Kier alpha value is -0.790. The van der Waals surface area contributed by atoms with Crippen molar-refractivity contribution in [2.45, 2.75) is 38.5 Å². The maximum Gasteiger partial charge on any atom is 0.178 e. The largest absolute Gasteiger partial charge is 0.369 e. The Morgan fingerprint density at radius 2 is 1.85 bits per heavy atom. The number of Topliss-reactive ketones (excluding diaryl/α,β-unsaturated/α-hetero) is 1. The summed E-state index contributed by atoms with van der Waals surface area (Å²) in [6.45, 7) is 2.19. The quantitative estimate of drug-likeness (QED) is 0.614. The molecule has 0 radical (unpaired) electrons. The molecule has 2 aliphatic rings. The van der Waals surface area contributed by atoms with Crippen LogP contribution in [0.25, 0.3) is 0 Å². The number of likely N-dealkylation sites (tertiary alicyclic amines) is 1. The summed E-state index contributed by atoms with van der Waals surface area (Å²) in [5.74, 6) is 0.369. The fourth-order valence-corrected chi connectivity index (χ4v) is 2.18. The lowest BCUT2D eigenvalue weighted by Gasteiger charge is -2.31. The molecule has 1 heterocycles. The fraction of sp³-hybridized carbons (Fsp3) is 0.727. The molecule has 2 rings (SSSR count). The van der Waals surface area contributed by atoms with Gasteiger partial charge in [-0.25, -0.2) is 0 Å². The van der Waals surface area contributed by atoms with E-state index in [4.69, 9.17) is 0 Å². The molecular formula is C11H17NO. The van der Waals surface area contributed by atoms with Crippen molar-refractivity contribution in [1.29, 1.82) is 0 Å². The van der Waals surface area contributed by atoms with Gasteiger partial charge >= 0.3 is 0 Å². The molecule has 0 aromatic rings. The maximum atomic E-state index is 11.6. The molecule has 0 saturated carbocycles. The highest BCUT2D eigenvalue weighted by Crippen LogP contribution is 2.21. The topological polar surface area (TPSA) is 20.3 Å². The summed E-state index contributed by atoms with van der Waals surface area (Å²) in [7, 11) is 0. The molecule has 72 valence electrons. The summed E-state index contributed by atoms with van der Waals surface area (Å²) < 4.78 is 0. The third-order valence-corrected chi connectivity index (χ3v) is 2.93. The van der Waals surface area contributed by atoms with Gasteiger partial charge < -0.3 is 4.90 Å². The van der Waals surface area contributed by atoms with E-state index in [-0.39, 0.29) is 0 Å². The van der Waals surface area contributed by atoms with Gasteiger partial charge in [0.1, 0.15) is 0 Å². The molecule has 0 amide bonds. The number of ketones is 1. The van der Waals surface area contributed by atoms with Gasteiger partial charge in [-0.1, -0.05) is 6.08 Å². The van der Waals surface area contributed by atoms with Gasteiger partial charge in [0.05, 0.1) is 5.70 Å². The first-order valence-electron chi connectivity index (χ1n) is 5.36. The Kier molecular flexibility index (Phi) is 2.67. The smallest absolute Gasteiger partial charge is 0.178 e. The highest BCUT2D eigenvalue weighted by atomic mass is 16.1. The zero-order valence-electron chi connectivity index (χ0n) is 8.09. The molecule has 0 unspecified atom stereocenters. The minimum Gasteiger partial charge on any atom is -0.369 e. The van der Waals surface area contributed by atoms with E-state index in [2.05, 4.69) is 11.0 Å². The standard InChI is InChI=1S/C11H17NO/c13-11-7-3-2-6-10(11)12-8-4-1-5-9-12/h6H,1-5,7-9H2. The number of piperidine rings is 1. The van der Waals surface area contributed by atoms with Crippen molar-refractivity contribution in [1.82, 2.24) is 4.90 Å². The van der Waals surface area contributed by atoms with Gasteiger partial charge in [0.15, 0.2) is 5.78 Å². The summed E-state index contributed by atoms with van der Waals surface area (Å²) >= 11 is 0. The van der Waals surface area contributed by atoms with Crippen molar-refractivity contribution in [3.8, 4) is 0 Å². The minimum atomic E-state index is 0.369. The zero-order valence-corrected chi connectivity index (χ0v) is 8.09. The van der Waals surface area contributed by atoms with Crippen LogP contribution in [0.5, 0.6) is 0 Å². The van der Waals surface area contributed by atoms with Gasteiger partial charge in [0.2, 0.25) is 0 Å². The molecule has 1 aliphatic carbocycles.